The van der Waals surface area contributed by atoms with E-state index < -0.39 is 0 Å². The van der Waals surface area contributed by atoms with Crippen LogP contribution in [0.3, 0.4) is 0 Å². The van der Waals surface area contributed by atoms with Gasteiger partial charge in [0.15, 0.2) is 5.52 Å². The van der Waals surface area contributed by atoms with Crippen LogP contribution in [0.5, 0.6) is 0 Å². The van der Waals surface area contributed by atoms with Gasteiger partial charge in [-0.1, -0.05) is 17.3 Å². The van der Waals surface area contributed by atoms with E-state index in [1.165, 1.54) is 0 Å². The second-order valence-corrected chi connectivity index (χ2v) is 7.74. The Morgan fingerprint density at radius 2 is 2.00 bits per heavy atom. The van der Waals surface area contributed by atoms with Crippen molar-refractivity contribution in [2.45, 2.75) is 19.9 Å². The monoisotopic (exact) mass is 387 g/mol. The topological polar surface area (TPSA) is 65.6 Å². The Bertz CT molecular complexity index is 1380. The largest absolute Gasteiger partial charge is 0.283 e. The summed E-state index contributed by atoms with van der Waals surface area (Å²) in [4.78, 5) is 17.6. The van der Waals surface area contributed by atoms with Crippen molar-refractivity contribution in [1.29, 1.82) is 0 Å². The van der Waals surface area contributed by atoms with Crippen LogP contribution < -0.4 is 5.56 Å². The highest BCUT2D eigenvalue weighted by molar-refractivity contribution is 7.12. The van der Waals surface area contributed by atoms with E-state index in [4.69, 9.17) is 0 Å². The highest BCUT2D eigenvalue weighted by atomic mass is 32.1. The van der Waals surface area contributed by atoms with E-state index in [2.05, 4.69) is 21.4 Å². The molecule has 0 fully saturated rings. The van der Waals surface area contributed by atoms with Crippen LogP contribution in [0.15, 0.2) is 65.0 Å². The minimum Gasteiger partial charge on any atom is -0.273 e. The first-order valence-electron chi connectivity index (χ1n) is 8.98. The van der Waals surface area contributed by atoms with Crippen LogP contribution in [0, 0.1) is 6.92 Å². The maximum absolute atomic E-state index is 13.2. The fraction of sp³-hybridized carbons (Fsp3) is 0.143. The molecule has 0 aliphatic heterocycles. The second-order valence-electron chi connectivity index (χ2n) is 6.85. The summed E-state index contributed by atoms with van der Waals surface area (Å²) in [5.41, 5.74) is 4.12. The number of aryl methyl sites for hydroxylation is 1. The fourth-order valence-electron chi connectivity index (χ4n) is 3.43. The standard InChI is InChI=1S/C21H17N5OS/c1-13-10-19(28-12-13)25-9-7-18-20(21(25)27)26(24-23-18)14(2)15-5-6-17-16(11-15)4-3-8-22-17/h3-12,14H,1-2H3/t14-/m1/s1. The molecular formula is C21H17N5OS. The van der Waals surface area contributed by atoms with Gasteiger partial charge in [-0.25, -0.2) is 4.68 Å². The molecule has 0 spiro atoms. The maximum atomic E-state index is 13.2. The molecule has 0 saturated carbocycles. The summed E-state index contributed by atoms with van der Waals surface area (Å²) < 4.78 is 3.38. The summed E-state index contributed by atoms with van der Waals surface area (Å²) in [5.74, 6) is 0. The molecule has 0 bridgehead atoms. The summed E-state index contributed by atoms with van der Waals surface area (Å²) >= 11 is 1.55. The number of thiophene rings is 1. The van der Waals surface area contributed by atoms with E-state index >= 15 is 0 Å². The lowest BCUT2D eigenvalue weighted by molar-refractivity contribution is 0.558. The predicted molar refractivity (Wildman–Crippen MR) is 111 cm³/mol. The van der Waals surface area contributed by atoms with Crippen molar-refractivity contribution in [2.24, 2.45) is 0 Å². The number of hydrogen-bond donors (Lipinski definition) is 0. The number of rotatable bonds is 3. The molecule has 0 N–H and O–H groups in total. The first-order chi connectivity index (χ1) is 13.6. The van der Waals surface area contributed by atoms with Crippen LogP contribution in [0.4, 0.5) is 0 Å². The van der Waals surface area contributed by atoms with E-state index in [0.717, 1.165) is 27.0 Å². The molecule has 1 atom stereocenters. The van der Waals surface area contributed by atoms with Gasteiger partial charge >= 0.3 is 0 Å². The molecule has 0 aliphatic rings. The van der Waals surface area contributed by atoms with Crippen molar-refractivity contribution >= 4 is 33.3 Å². The molecule has 5 rings (SSSR count). The zero-order chi connectivity index (χ0) is 19.3. The average molecular weight is 387 g/mol. The third-order valence-electron chi connectivity index (χ3n) is 4.95. The number of benzene rings is 1. The maximum Gasteiger partial charge on any atom is 0.283 e. The van der Waals surface area contributed by atoms with Gasteiger partial charge in [0.1, 0.15) is 10.5 Å². The Hall–Kier alpha value is -3.32. The third-order valence-corrected chi connectivity index (χ3v) is 6.00. The zero-order valence-electron chi connectivity index (χ0n) is 15.4. The van der Waals surface area contributed by atoms with Gasteiger partial charge < -0.3 is 0 Å². The normalized spacial score (nSPS) is 12.6. The van der Waals surface area contributed by atoms with Crippen LogP contribution in [0.1, 0.15) is 24.1 Å². The lowest BCUT2D eigenvalue weighted by atomic mass is 10.1. The molecule has 1 aromatic carbocycles. The number of pyridine rings is 2. The van der Waals surface area contributed by atoms with Gasteiger partial charge in [-0.2, -0.15) is 0 Å². The van der Waals surface area contributed by atoms with Crippen molar-refractivity contribution < 1.29 is 0 Å². The van der Waals surface area contributed by atoms with E-state index in [1.807, 2.05) is 55.6 Å². The Balaban J connectivity index is 1.66. The average Bonchev–Trinajstić information content (AvgIpc) is 3.34. The molecule has 6 nitrogen and oxygen atoms in total. The second kappa shape index (κ2) is 6.38. The summed E-state index contributed by atoms with van der Waals surface area (Å²) in [6.07, 6.45) is 3.55. The Labute approximate surface area is 164 Å². The lowest BCUT2D eigenvalue weighted by Gasteiger charge is -2.14. The van der Waals surface area contributed by atoms with Crippen LogP contribution in [-0.4, -0.2) is 24.5 Å². The smallest absolute Gasteiger partial charge is 0.273 e. The summed E-state index contributed by atoms with van der Waals surface area (Å²) in [6.45, 7) is 4.05. The number of hydrogen-bond acceptors (Lipinski definition) is 5. The minimum atomic E-state index is -0.136. The number of nitrogens with zero attached hydrogens (tertiary/aromatic N) is 5. The van der Waals surface area contributed by atoms with E-state index in [-0.39, 0.29) is 11.6 Å². The first kappa shape index (κ1) is 16.8. The molecule has 0 radical (unpaired) electrons. The molecule has 28 heavy (non-hydrogen) atoms. The van der Waals surface area contributed by atoms with Crippen molar-refractivity contribution in [3.63, 3.8) is 0 Å². The molecular weight excluding hydrogens is 370 g/mol. The van der Waals surface area contributed by atoms with Crippen LogP contribution in [0.2, 0.25) is 0 Å². The zero-order valence-corrected chi connectivity index (χ0v) is 16.2. The molecule has 7 heteroatoms. The summed E-state index contributed by atoms with van der Waals surface area (Å²) in [5, 5.41) is 12.5. The van der Waals surface area contributed by atoms with Gasteiger partial charge in [0.05, 0.1) is 11.6 Å². The highest BCUT2D eigenvalue weighted by Crippen LogP contribution is 2.24. The van der Waals surface area contributed by atoms with Gasteiger partial charge in [-0.3, -0.25) is 14.3 Å². The van der Waals surface area contributed by atoms with Gasteiger partial charge in [0.25, 0.3) is 5.56 Å². The fourth-order valence-corrected chi connectivity index (χ4v) is 4.32. The third kappa shape index (κ3) is 2.63. The first-order valence-corrected chi connectivity index (χ1v) is 9.86. The number of fused-ring (bicyclic) bond motifs is 2. The van der Waals surface area contributed by atoms with Crippen LogP contribution in [0.25, 0.3) is 26.9 Å². The molecule has 0 saturated heterocycles. The van der Waals surface area contributed by atoms with Gasteiger partial charge in [-0.15, -0.1) is 16.4 Å². The van der Waals surface area contributed by atoms with Crippen molar-refractivity contribution in [3.05, 3.63) is 81.7 Å². The van der Waals surface area contributed by atoms with Crippen LogP contribution in [-0.2, 0) is 0 Å². The van der Waals surface area contributed by atoms with Crippen molar-refractivity contribution in [3.8, 4) is 5.00 Å². The van der Waals surface area contributed by atoms with Crippen molar-refractivity contribution in [2.75, 3.05) is 0 Å². The van der Waals surface area contributed by atoms with Crippen molar-refractivity contribution in [1.82, 2.24) is 24.5 Å². The van der Waals surface area contributed by atoms with Gasteiger partial charge in [0, 0.05) is 17.8 Å². The quantitative estimate of drug-likeness (QED) is 0.467. The molecule has 138 valence electrons. The van der Waals surface area contributed by atoms with Gasteiger partial charge in [-0.05, 0) is 60.7 Å². The van der Waals surface area contributed by atoms with Gasteiger partial charge in [0.2, 0.25) is 0 Å². The van der Waals surface area contributed by atoms with Crippen LogP contribution >= 0.6 is 11.3 Å². The molecule has 0 aliphatic carbocycles. The Morgan fingerprint density at radius 3 is 2.82 bits per heavy atom. The molecule has 4 aromatic heterocycles. The SMILES string of the molecule is Cc1csc(-n2ccc3nnn([C@H](C)c4ccc5ncccc5c4)c3c2=O)c1. The van der Waals surface area contributed by atoms with E-state index in [1.54, 1.807) is 33.0 Å². The molecule has 4 heterocycles. The number of aromatic nitrogens is 5. The Morgan fingerprint density at radius 1 is 1.11 bits per heavy atom. The lowest BCUT2D eigenvalue weighted by Crippen LogP contribution is -2.21. The Kier molecular flexibility index (Phi) is 3.84. The predicted octanol–water partition coefficient (Wildman–Crippen LogP) is 4.11. The molecule has 0 unspecified atom stereocenters. The minimum absolute atomic E-state index is 0.112. The molecule has 5 aromatic rings. The molecule has 0 amide bonds. The summed E-state index contributed by atoms with van der Waals surface area (Å²) in [6, 6.07) is 13.8. The highest BCUT2D eigenvalue weighted by Gasteiger charge is 2.18. The van der Waals surface area contributed by atoms with E-state index in [0.29, 0.717) is 11.0 Å². The van der Waals surface area contributed by atoms with E-state index in [9.17, 15) is 4.79 Å². The summed E-state index contributed by atoms with van der Waals surface area (Å²) in [7, 11) is 0.